The number of fused-ring (bicyclic) bond motifs is 1. The Bertz CT molecular complexity index is 734. The van der Waals surface area contributed by atoms with Crippen LogP contribution in [0.15, 0.2) is 24.4 Å². The summed E-state index contributed by atoms with van der Waals surface area (Å²) >= 11 is 12.2. The molecule has 0 spiro atoms. The summed E-state index contributed by atoms with van der Waals surface area (Å²) < 4.78 is 0. The molecule has 8 heteroatoms. The number of anilines is 3. The Labute approximate surface area is 118 Å². The smallest absolute Gasteiger partial charge is 0.224 e. The highest BCUT2D eigenvalue weighted by Gasteiger charge is 2.11. The van der Waals surface area contributed by atoms with E-state index >= 15 is 0 Å². The fourth-order valence-electron chi connectivity index (χ4n) is 1.68. The fourth-order valence-corrected chi connectivity index (χ4v) is 2.18. The van der Waals surface area contributed by atoms with Gasteiger partial charge in [-0.25, -0.2) is 0 Å². The number of halogens is 2. The van der Waals surface area contributed by atoms with E-state index in [-0.39, 0.29) is 5.95 Å². The Balaban J connectivity index is 2.13. The molecule has 6 nitrogen and oxygen atoms in total. The van der Waals surface area contributed by atoms with Crippen molar-refractivity contribution in [2.75, 3.05) is 11.1 Å². The summed E-state index contributed by atoms with van der Waals surface area (Å²) in [5.74, 6) is 0.619. The number of rotatable bonds is 2. The van der Waals surface area contributed by atoms with Crippen molar-refractivity contribution in [2.24, 2.45) is 0 Å². The van der Waals surface area contributed by atoms with Crippen LogP contribution in [0.2, 0.25) is 10.0 Å². The number of nitrogens with zero attached hydrogens (tertiary/aromatic N) is 3. The van der Waals surface area contributed by atoms with Crippen LogP contribution in [0.4, 0.5) is 17.5 Å². The van der Waals surface area contributed by atoms with Gasteiger partial charge in [0.05, 0.1) is 27.3 Å². The summed E-state index contributed by atoms with van der Waals surface area (Å²) in [7, 11) is 0. The van der Waals surface area contributed by atoms with Crippen molar-refractivity contribution in [3.8, 4) is 0 Å². The van der Waals surface area contributed by atoms with Crippen LogP contribution in [0, 0.1) is 0 Å². The molecule has 1 aromatic carbocycles. The molecule has 0 unspecified atom stereocenters. The van der Waals surface area contributed by atoms with E-state index in [0.717, 1.165) is 0 Å². The molecule has 2 aromatic heterocycles. The maximum Gasteiger partial charge on any atom is 0.224 e. The van der Waals surface area contributed by atoms with Crippen molar-refractivity contribution in [2.45, 2.75) is 0 Å². The van der Waals surface area contributed by atoms with Crippen LogP contribution in [0.5, 0.6) is 0 Å². The summed E-state index contributed by atoms with van der Waals surface area (Å²) in [6, 6.07) is 5.22. The number of para-hydroxylation sites is 1. The highest BCUT2D eigenvalue weighted by Crippen LogP contribution is 2.33. The van der Waals surface area contributed by atoms with Gasteiger partial charge in [0.25, 0.3) is 0 Å². The molecule has 0 amide bonds. The van der Waals surface area contributed by atoms with Gasteiger partial charge < -0.3 is 11.1 Å². The number of H-pyrrole nitrogens is 1. The van der Waals surface area contributed by atoms with Gasteiger partial charge in [0.15, 0.2) is 5.65 Å². The van der Waals surface area contributed by atoms with Crippen LogP contribution in [0.25, 0.3) is 11.0 Å². The predicted octanol–water partition coefficient (Wildman–Crippen LogP) is 2.99. The number of aromatic nitrogens is 4. The summed E-state index contributed by atoms with van der Waals surface area (Å²) in [5.41, 5.74) is 6.74. The molecule has 0 saturated carbocycles. The van der Waals surface area contributed by atoms with Crippen molar-refractivity contribution < 1.29 is 0 Å². The number of nitrogens with two attached hydrogens (primary N) is 1. The van der Waals surface area contributed by atoms with Gasteiger partial charge in [-0.2, -0.15) is 15.1 Å². The van der Waals surface area contributed by atoms with Gasteiger partial charge >= 0.3 is 0 Å². The highest BCUT2D eigenvalue weighted by atomic mass is 35.5. The maximum atomic E-state index is 6.10. The van der Waals surface area contributed by atoms with Gasteiger partial charge in [-0.05, 0) is 12.1 Å². The first kappa shape index (κ1) is 12.0. The normalized spacial score (nSPS) is 10.8. The SMILES string of the molecule is Nc1nc(Nc2c(Cl)cccc2Cl)c2cn[nH]c2n1. The Hall–Kier alpha value is -2.05. The molecule has 0 aliphatic rings. The molecule has 3 rings (SSSR count). The first-order chi connectivity index (χ1) is 9.15. The van der Waals surface area contributed by atoms with E-state index in [9.17, 15) is 0 Å². The van der Waals surface area contributed by atoms with E-state index in [2.05, 4.69) is 25.5 Å². The lowest BCUT2D eigenvalue weighted by molar-refractivity contribution is 1.09. The molecule has 4 N–H and O–H groups in total. The van der Waals surface area contributed by atoms with Crippen molar-refractivity contribution in [3.63, 3.8) is 0 Å². The third-order valence-electron chi connectivity index (χ3n) is 2.53. The topological polar surface area (TPSA) is 92.5 Å². The van der Waals surface area contributed by atoms with E-state index in [0.29, 0.717) is 32.6 Å². The second-order valence-electron chi connectivity index (χ2n) is 3.78. The van der Waals surface area contributed by atoms with Gasteiger partial charge in [0.2, 0.25) is 5.95 Å². The Morgan fingerprint density at radius 3 is 2.63 bits per heavy atom. The molecule has 0 atom stereocenters. The van der Waals surface area contributed by atoms with E-state index < -0.39 is 0 Å². The van der Waals surface area contributed by atoms with Crippen LogP contribution in [-0.4, -0.2) is 20.2 Å². The second kappa shape index (κ2) is 4.56. The zero-order chi connectivity index (χ0) is 13.4. The fraction of sp³-hybridized carbons (Fsp3) is 0. The van der Waals surface area contributed by atoms with Crippen molar-refractivity contribution in [3.05, 3.63) is 34.4 Å². The maximum absolute atomic E-state index is 6.10. The molecule has 19 heavy (non-hydrogen) atoms. The lowest BCUT2D eigenvalue weighted by Gasteiger charge is -2.10. The molecule has 0 bridgehead atoms. The Morgan fingerprint density at radius 1 is 1.16 bits per heavy atom. The molecule has 0 aliphatic heterocycles. The number of aromatic amines is 1. The molecule has 3 aromatic rings. The minimum atomic E-state index is 0.127. The van der Waals surface area contributed by atoms with Crippen LogP contribution in [-0.2, 0) is 0 Å². The van der Waals surface area contributed by atoms with Crippen molar-refractivity contribution in [1.82, 2.24) is 20.2 Å². The summed E-state index contributed by atoms with van der Waals surface area (Å²) in [6.07, 6.45) is 1.60. The first-order valence-corrected chi connectivity index (χ1v) is 6.08. The van der Waals surface area contributed by atoms with E-state index in [1.165, 1.54) is 0 Å². The average Bonchev–Trinajstić information content (AvgIpc) is 2.81. The summed E-state index contributed by atoms with van der Waals surface area (Å²) in [4.78, 5) is 8.15. The van der Waals surface area contributed by atoms with Crippen molar-refractivity contribution in [1.29, 1.82) is 0 Å². The lowest BCUT2D eigenvalue weighted by atomic mass is 10.3. The quantitative estimate of drug-likeness (QED) is 0.676. The summed E-state index contributed by atoms with van der Waals surface area (Å²) in [5, 5.41) is 11.4. The van der Waals surface area contributed by atoms with Crippen molar-refractivity contribution >= 4 is 51.7 Å². The Kier molecular flexibility index (Phi) is 2.88. The molecular formula is C11H8Cl2N6. The first-order valence-electron chi connectivity index (χ1n) is 5.33. The third kappa shape index (κ3) is 2.16. The average molecular weight is 295 g/mol. The zero-order valence-corrected chi connectivity index (χ0v) is 11.0. The van der Waals surface area contributed by atoms with E-state index in [1.807, 2.05) is 0 Å². The molecular weight excluding hydrogens is 287 g/mol. The van der Waals surface area contributed by atoms with Crippen LogP contribution >= 0.6 is 23.2 Å². The number of nitrogen functional groups attached to an aromatic ring is 1. The third-order valence-corrected chi connectivity index (χ3v) is 3.16. The zero-order valence-electron chi connectivity index (χ0n) is 9.48. The van der Waals surface area contributed by atoms with E-state index in [1.54, 1.807) is 24.4 Å². The molecule has 0 saturated heterocycles. The van der Waals surface area contributed by atoms with Crippen LogP contribution in [0.3, 0.4) is 0 Å². The monoisotopic (exact) mass is 294 g/mol. The van der Waals surface area contributed by atoms with Gasteiger partial charge in [0, 0.05) is 0 Å². The number of hydrogen-bond acceptors (Lipinski definition) is 5. The minimum Gasteiger partial charge on any atom is -0.368 e. The minimum absolute atomic E-state index is 0.127. The van der Waals surface area contributed by atoms with Gasteiger partial charge in [0.1, 0.15) is 5.82 Å². The van der Waals surface area contributed by atoms with Gasteiger partial charge in [-0.3, -0.25) is 5.10 Å². The van der Waals surface area contributed by atoms with Gasteiger partial charge in [-0.1, -0.05) is 29.3 Å². The van der Waals surface area contributed by atoms with E-state index in [4.69, 9.17) is 28.9 Å². The second-order valence-corrected chi connectivity index (χ2v) is 4.60. The largest absolute Gasteiger partial charge is 0.368 e. The molecule has 0 fully saturated rings. The highest BCUT2D eigenvalue weighted by molar-refractivity contribution is 6.39. The lowest BCUT2D eigenvalue weighted by Crippen LogP contribution is -2.01. The van der Waals surface area contributed by atoms with Gasteiger partial charge in [-0.15, -0.1) is 0 Å². The molecule has 0 aliphatic carbocycles. The number of benzene rings is 1. The molecule has 0 radical (unpaired) electrons. The van der Waals surface area contributed by atoms with Crippen LogP contribution < -0.4 is 11.1 Å². The number of hydrogen-bond donors (Lipinski definition) is 3. The molecule has 2 heterocycles. The van der Waals surface area contributed by atoms with Crippen LogP contribution in [0.1, 0.15) is 0 Å². The Morgan fingerprint density at radius 2 is 1.89 bits per heavy atom. The predicted molar refractivity (Wildman–Crippen MR) is 75.8 cm³/mol. The number of nitrogens with one attached hydrogen (secondary N) is 2. The summed E-state index contributed by atoms with van der Waals surface area (Å²) in [6.45, 7) is 0. The standard InChI is InChI=1S/C11H8Cl2N6/c12-6-2-1-3-7(13)8(6)16-9-5-4-15-19-10(5)18-11(14)17-9/h1-4H,(H4,14,15,16,17,18,19). The molecule has 96 valence electrons.